The zero-order valence-electron chi connectivity index (χ0n) is 14.9. The molecule has 0 aromatic carbocycles. The number of hydrogen-bond donors (Lipinski definition) is 2. The number of hydrogen-bond acceptors (Lipinski definition) is 2. The van der Waals surface area contributed by atoms with Gasteiger partial charge in [-0.05, 0) is 80.5 Å². The van der Waals surface area contributed by atoms with Gasteiger partial charge in [-0.1, -0.05) is 37.1 Å². The average molecular weight is 316 g/mol. The lowest BCUT2D eigenvalue weighted by Gasteiger charge is -2.55. The van der Waals surface area contributed by atoms with E-state index < -0.39 is 0 Å². The summed E-state index contributed by atoms with van der Waals surface area (Å²) in [6.07, 6.45) is 12.3. The van der Waals surface area contributed by atoms with Gasteiger partial charge in [0.25, 0.3) is 0 Å². The summed E-state index contributed by atoms with van der Waals surface area (Å²) in [6, 6.07) is 0. The first-order valence-corrected chi connectivity index (χ1v) is 9.63. The van der Waals surface area contributed by atoms with E-state index in [4.69, 9.17) is 0 Å². The highest BCUT2D eigenvalue weighted by atomic mass is 16.3. The van der Waals surface area contributed by atoms with Crippen LogP contribution in [-0.4, -0.2) is 22.4 Å². The summed E-state index contributed by atoms with van der Waals surface area (Å²) in [7, 11) is 0. The average Bonchev–Trinajstić information content (AvgIpc) is 2.85. The van der Waals surface area contributed by atoms with E-state index in [2.05, 4.69) is 26.0 Å². The van der Waals surface area contributed by atoms with Gasteiger partial charge in [0, 0.05) is 0 Å². The fourth-order valence-corrected chi connectivity index (χ4v) is 6.82. The summed E-state index contributed by atoms with van der Waals surface area (Å²) in [5.41, 5.74) is 3.71. The zero-order valence-corrected chi connectivity index (χ0v) is 14.9. The lowest BCUT2D eigenvalue weighted by Crippen LogP contribution is -2.47. The Hall–Kier alpha value is -0.600. The normalized spacial score (nSPS) is 50.3. The van der Waals surface area contributed by atoms with E-state index in [1.165, 1.54) is 31.3 Å². The number of fused-ring (bicyclic) bond motifs is 5. The van der Waals surface area contributed by atoms with Crippen LogP contribution in [-0.2, 0) is 0 Å². The first kappa shape index (κ1) is 15.9. The number of aliphatic hydroxyl groups is 2. The van der Waals surface area contributed by atoms with Gasteiger partial charge in [0.05, 0.1) is 12.2 Å². The maximum Gasteiger partial charge on any atom is 0.0578 e. The molecule has 4 aliphatic carbocycles. The Morgan fingerprint density at radius 1 is 1.04 bits per heavy atom. The molecule has 0 aromatic heterocycles. The molecule has 2 N–H and O–H groups in total. The fourth-order valence-electron chi connectivity index (χ4n) is 6.82. The van der Waals surface area contributed by atoms with Gasteiger partial charge in [-0.2, -0.15) is 0 Å². The van der Waals surface area contributed by atoms with Crippen LogP contribution in [0.25, 0.3) is 0 Å². The molecule has 7 atom stereocenters. The third-order valence-corrected chi connectivity index (χ3v) is 8.20. The summed E-state index contributed by atoms with van der Waals surface area (Å²) < 4.78 is 0. The lowest BCUT2D eigenvalue weighted by molar-refractivity contribution is 0.00425. The Balaban J connectivity index is 1.71. The van der Waals surface area contributed by atoms with Crippen LogP contribution in [0.4, 0.5) is 0 Å². The molecular formula is C21H32O2. The van der Waals surface area contributed by atoms with Crippen LogP contribution in [0.15, 0.2) is 23.3 Å². The Kier molecular flexibility index (Phi) is 3.59. The summed E-state index contributed by atoms with van der Waals surface area (Å²) in [5.74, 6) is 1.78. The number of aliphatic hydroxyl groups excluding tert-OH is 2. The SMILES string of the molecule is C[C@H](O)C1CCC2C3=CC=C4C[C@@H](O)CCC4(C)C3CCC21C. The van der Waals surface area contributed by atoms with E-state index in [0.29, 0.717) is 17.8 Å². The van der Waals surface area contributed by atoms with Crippen molar-refractivity contribution in [1.29, 1.82) is 0 Å². The molecule has 0 heterocycles. The molecular weight excluding hydrogens is 284 g/mol. The third kappa shape index (κ3) is 2.14. The van der Waals surface area contributed by atoms with Crippen LogP contribution in [0.3, 0.4) is 0 Å². The van der Waals surface area contributed by atoms with Crippen LogP contribution in [0.5, 0.6) is 0 Å². The second kappa shape index (κ2) is 5.20. The number of allylic oxidation sites excluding steroid dienone is 3. The summed E-state index contributed by atoms with van der Waals surface area (Å²) in [5, 5.41) is 20.3. The first-order valence-electron chi connectivity index (χ1n) is 9.63. The van der Waals surface area contributed by atoms with E-state index in [1.54, 1.807) is 5.57 Å². The molecule has 0 radical (unpaired) electrons. The van der Waals surface area contributed by atoms with Crippen LogP contribution in [0, 0.1) is 28.6 Å². The monoisotopic (exact) mass is 316 g/mol. The molecule has 2 nitrogen and oxygen atoms in total. The second-order valence-electron chi connectivity index (χ2n) is 9.25. The van der Waals surface area contributed by atoms with Crippen LogP contribution >= 0.6 is 0 Å². The highest BCUT2D eigenvalue weighted by Gasteiger charge is 2.56. The predicted molar refractivity (Wildman–Crippen MR) is 92.9 cm³/mol. The molecule has 128 valence electrons. The molecule has 4 rings (SSSR count). The Labute approximate surface area is 140 Å². The maximum atomic E-state index is 10.3. The van der Waals surface area contributed by atoms with Gasteiger partial charge in [-0.3, -0.25) is 0 Å². The van der Waals surface area contributed by atoms with Crippen LogP contribution in [0.2, 0.25) is 0 Å². The molecule has 0 spiro atoms. The largest absolute Gasteiger partial charge is 0.393 e. The Morgan fingerprint density at radius 2 is 1.83 bits per heavy atom. The summed E-state index contributed by atoms with van der Waals surface area (Å²) >= 11 is 0. The molecule has 3 saturated carbocycles. The van der Waals surface area contributed by atoms with Gasteiger partial charge in [0.15, 0.2) is 0 Å². The van der Waals surface area contributed by atoms with E-state index >= 15 is 0 Å². The molecule has 0 aromatic rings. The van der Waals surface area contributed by atoms with E-state index in [9.17, 15) is 10.2 Å². The quantitative estimate of drug-likeness (QED) is 0.760. The number of rotatable bonds is 1. The highest BCUT2D eigenvalue weighted by molar-refractivity contribution is 5.38. The third-order valence-electron chi connectivity index (χ3n) is 8.20. The van der Waals surface area contributed by atoms with Crippen molar-refractivity contribution in [3.8, 4) is 0 Å². The maximum absolute atomic E-state index is 10.3. The fraction of sp³-hybridized carbons (Fsp3) is 0.810. The van der Waals surface area contributed by atoms with E-state index in [0.717, 1.165) is 19.3 Å². The molecule has 4 aliphatic rings. The molecule has 23 heavy (non-hydrogen) atoms. The highest BCUT2D eigenvalue weighted by Crippen LogP contribution is 2.65. The van der Waals surface area contributed by atoms with Crippen molar-refractivity contribution in [2.24, 2.45) is 28.6 Å². The van der Waals surface area contributed by atoms with Crippen molar-refractivity contribution in [1.82, 2.24) is 0 Å². The molecule has 2 heteroatoms. The lowest BCUT2D eigenvalue weighted by atomic mass is 9.50. The molecule has 0 bridgehead atoms. The Morgan fingerprint density at radius 3 is 2.57 bits per heavy atom. The van der Waals surface area contributed by atoms with Gasteiger partial charge in [0.1, 0.15) is 0 Å². The summed E-state index contributed by atoms with van der Waals surface area (Å²) in [6.45, 7) is 6.87. The van der Waals surface area contributed by atoms with E-state index in [1.807, 2.05) is 6.92 Å². The van der Waals surface area contributed by atoms with Crippen molar-refractivity contribution in [3.05, 3.63) is 23.3 Å². The minimum Gasteiger partial charge on any atom is -0.393 e. The molecule has 0 amide bonds. The minimum atomic E-state index is -0.183. The zero-order chi connectivity index (χ0) is 16.4. The van der Waals surface area contributed by atoms with Crippen LogP contribution < -0.4 is 0 Å². The summed E-state index contributed by atoms with van der Waals surface area (Å²) in [4.78, 5) is 0. The molecule has 5 unspecified atom stereocenters. The van der Waals surface area contributed by atoms with Crippen molar-refractivity contribution in [2.45, 2.75) is 77.9 Å². The van der Waals surface area contributed by atoms with Crippen molar-refractivity contribution in [3.63, 3.8) is 0 Å². The topological polar surface area (TPSA) is 40.5 Å². The first-order chi connectivity index (χ1) is 10.9. The second-order valence-corrected chi connectivity index (χ2v) is 9.25. The Bertz CT molecular complexity index is 560. The standard InChI is InChI=1S/C21H32O2/c1-13(22)17-6-7-18-16-5-4-14-12-15(23)8-10-20(14,2)19(16)9-11-21(17,18)3/h4-5,13,15,17-19,22-23H,6-12H2,1-3H3/t13-,15-,17?,18?,19?,20?,21?/m0/s1. The van der Waals surface area contributed by atoms with Gasteiger partial charge in [-0.25, -0.2) is 0 Å². The van der Waals surface area contributed by atoms with E-state index in [-0.39, 0.29) is 23.0 Å². The van der Waals surface area contributed by atoms with Crippen molar-refractivity contribution in [2.75, 3.05) is 0 Å². The predicted octanol–water partition coefficient (Wildman–Crippen LogP) is 4.23. The van der Waals surface area contributed by atoms with Crippen molar-refractivity contribution >= 4 is 0 Å². The van der Waals surface area contributed by atoms with Gasteiger partial charge in [-0.15, -0.1) is 0 Å². The smallest absolute Gasteiger partial charge is 0.0578 e. The van der Waals surface area contributed by atoms with Crippen molar-refractivity contribution < 1.29 is 10.2 Å². The molecule has 0 saturated heterocycles. The minimum absolute atomic E-state index is 0.135. The molecule has 3 fully saturated rings. The van der Waals surface area contributed by atoms with Gasteiger partial charge < -0.3 is 10.2 Å². The molecule has 0 aliphatic heterocycles. The van der Waals surface area contributed by atoms with Gasteiger partial charge in [0.2, 0.25) is 0 Å². The van der Waals surface area contributed by atoms with Crippen LogP contribution in [0.1, 0.15) is 65.7 Å². The van der Waals surface area contributed by atoms with Gasteiger partial charge >= 0.3 is 0 Å².